The van der Waals surface area contributed by atoms with Gasteiger partial charge in [-0.15, -0.1) is 0 Å². The van der Waals surface area contributed by atoms with Crippen LogP contribution in [0.4, 0.5) is 0 Å². The van der Waals surface area contributed by atoms with Crippen LogP contribution in [0, 0.1) is 0 Å². The molecule has 0 bridgehead atoms. The number of likely N-dealkylation sites (N-methyl/N-ethyl adjacent to an activating group) is 2. The van der Waals surface area contributed by atoms with Crippen LogP contribution >= 0.6 is 0 Å². The van der Waals surface area contributed by atoms with E-state index in [2.05, 4.69) is 10.4 Å². The van der Waals surface area contributed by atoms with E-state index in [4.69, 9.17) is 4.74 Å². The Hall–Kier alpha value is -0.960. The largest absolute Gasteiger partial charge is 0.377 e. The van der Waals surface area contributed by atoms with Crippen molar-refractivity contribution >= 4 is 10.0 Å². The Bertz CT molecular complexity index is 537. The third-order valence-corrected chi connectivity index (χ3v) is 5.35. The highest BCUT2D eigenvalue weighted by molar-refractivity contribution is 7.89. The lowest BCUT2D eigenvalue weighted by Crippen LogP contribution is -2.34. The summed E-state index contributed by atoms with van der Waals surface area (Å²) < 4.78 is 33.4. The van der Waals surface area contributed by atoms with E-state index in [1.165, 1.54) is 10.5 Å². The Balaban J connectivity index is 1.97. The molecule has 8 heteroatoms. The molecule has 7 nitrogen and oxygen atoms in total. The van der Waals surface area contributed by atoms with Gasteiger partial charge in [0, 0.05) is 32.9 Å². The zero-order valence-corrected chi connectivity index (χ0v) is 13.5. The van der Waals surface area contributed by atoms with Gasteiger partial charge in [-0.3, -0.25) is 4.68 Å². The predicted octanol–water partition coefficient (Wildman–Crippen LogP) is 0.292. The molecule has 1 aromatic rings. The second-order valence-electron chi connectivity index (χ2n) is 5.21. The van der Waals surface area contributed by atoms with Gasteiger partial charge in [0.05, 0.1) is 18.8 Å². The maximum absolute atomic E-state index is 12.5. The third-order valence-electron chi connectivity index (χ3n) is 3.57. The molecule has 1 atom stereocenters. The van der Waals surface area contributed by atoms with Crippen molar-refractivity contribution in [3.05, 3.63) is 12.4 Å². The van der Waals surface area contributed by atoms with Crippen molar-refractivity contribution in [1.29, 1.82) is 0 Å². The summed E-state index contributed by atoms with van der Waals surface area (Å²) in [6.45, 7) is 5.45. The van der Waals surface area contributed by atoms with Crippen molar-refractivity contribution in [1.82, 2.24) is 19.4 Å². The van der Waals surface area contributed by atoms with Crippen LogP contribution in [0.3, 0.4) is 0 Å². The third kappa shape index (κ3) is 4.26. The molecule has 120 valence electrons. The highest BCUT2D eigenvalue weighted by Crippen LogP contribution is 2.18. The molecule has 2 heterocycles. The minimum atomic E-state index is -3.49. The van der Waals surface area contributed by atoms with Gasteiger partial charge in [0.1, 0.15) is 4.90 Å². The Morgan fingerprint density at radius 1 is 1.57 bits per heavy atom. The zero-order chi connectivity index (χ0) is 15.3. The summed E-state index contributed by atoms with van der Waals surface area (Å²) in [7, 11) is -1.90. The summed E-state index contributed by atoms with van der Waals surface area (Å²) >= 11 is 0. The van der Waals surface area contributed by atoms with Crippen LogP contribution in [0.5, 0.6) is 0 Å². The number of rotatable bonds is 8. The Morgan fingerprint density at radius 2 is 2.38 bits per heavy atom. The molecule has 0 aliphatic carbocycles. The highest BCUT2D eigenvalue weighted by Gasteiger charge is 2.27. The molecule has 2 rings (SSSR count). The lowest BCUT2D eigenvalue weighted by atomic mass is 10.2. The number of aromatic nitrogens is 2. The fourth-order valence-electron chi connectivity index (χ4n) is 2.32. The molecular formula is C13H24N4O3S. The van der Waals surface area contributed by atoms with Crippen molar-refractivity contribution < 1.29 is 13.2 Å². The fourth-order valence-corrected chi connectivity index (χ4v) is 3.48. The monoisotopic (exact) mass is 316 g/mol. The average Bonchev–Trinajstić information content (AvgIpc) is 3.10. The second-order valence-corrected chi connectivity index (χ2v) is 7.26. The number of nitrogens with one attached hydrogen (secondary N) is 1. The van der Waals surface area contributed by atoms with E-state index in [0.717, 1.165) is 32.5 Å². The minimum Gasteiger partial charge on any atom is -0.377 e. The number of sulfonamides is 1. The SMILES string of the molecule is CCNCCn1cc(S(=O)(=O)N(C)CC2CCCO2)cn1. The van der Waals surface area contributed by atoms with Crippen LogP contribution in [0.25, 0.3) is 0 Å². The topological polar surface area (TPSA) is 76.5 Å². The maximum atomic E-state index is 12.5. The van der Waals surface area contributed by atoms with Crippen LogP contribution in [-0.2, 0) is 21.3 Å². The predicted molar refractivity (Wildman–Crippen MR) is 79.6 cm³/mol. The van der Waals surface area contributed by atoms with Gasteiger partial charge in [-0.25, -0.2) is 8.42 Å². The molecule has 0 spiro atoms. The first kappa shape index (κ1) is 16.4. The summed E-state index contributed by atoms with van der Waals surface area (Å²) in [6, 6.07) is 0. The molecule has 1 N–H and O–H groups in total. The van der Waals surface area contributed by atoms with Crippen molar-refractivity contribution in [3.63, 3.8) is 0 Å². The number of nitrogens with zero attached hydrogens (tertiary/aromatic N) is 3. The Morgan fingerprint density at radius 3 is 3.05 bits per heavy atom. The lowest BCUT2D eigenvalue weighted by Gasteiger charge is -2.19. The van der Waals surface area contributed by atoms with Crippen molar-refractivity contribution in [2.24, 2.45) is 0 Å². The van der Waals surface area contributed by atoms with Crippen LogP contribution in [0.1, 0.15) is 19.8 Å². The van der Waals surface area contributed by atoms with E-state index < -0.39 is 10.0 Å². The van der Waals surface area contributed by atoms with Crippen molar-refractivity contribution in [2.75, 3.05) is 33.3 Å². The van der Waals surface area contributed by atoms with Crippen molar-refractivity contribution in [3.8, 4) is 0 Å². The smallest absolute Gasteiger partial charge is 0.246 e. The van der Waals surface area contributed by atoms with Gasteiger partial charge in [-0.2, -0.15) is 9.40 Å². The average molecular weight is 316 g/mol. The number of ether oxygens (including phenoxy) is 1. The lowest BCUT2D eigenvalue weighted by molar-refractivity contribution is 0.0979. The van der Waals surface area contributed by atoms with E-state index in [9.17, 15) is 8.42 Å². The molecule has 21 heavy (non-hydrogen) atoms. The summed E-state index contributed by atoms with van der Waals surface area (Å²) in [4.78, 5) is 0.236. The quantitative estimate of drug-likeness (QED) is 0.698. The molecule has 0 aromatic carbocycles. The number of hydrogen-bond donors (Lipinski definition) is 1. The van der Waals surface area contributed by atoms with Gasteiger partial charge in [0.25, 0.3) is 0 Å². The van der Waals surface area contributed by atoms with E-state index in [1.54, 1.807) is 17.9 Å². The van der Waals surface area contributed by atoms with Crippen LogP contribution in [0.15, 0.2) is 17.3 Å². The van der Waals surface area contributed by atoms with Gasteiger partial charge < -0.3 is 10.1 Å². The van der Waals surface area contributed by atoms with Gasteiger partial charge in [0.15, 0.2) is 0 Å². The summed E-state index contributed by atoms with van der Waals surface area (Å²) in [5.41, 5.74) is 0. The van der Waals surface area contributed by atoms with E-state index in [1.807, 2.05) is 6.92 Å². The first-order valence-electron chi connectivity index (χ1n) is 7.35. The fraction of sp³-hybridized carbons (Fsp3) is 0.769. The summed E-state index contributed by atoms with van der Waals surface area (Å²) in [6.07, 6.45) is 4.92. The molecule has 1 fully saturated rings. The molecule has 0 radical (unpaired) electrons. The molecular weight excluding hydrogens is 292 g/mol. The maximum Gasteiger partial charge on any atom is 0.246 e. The molecule has 1 aliphatic heterocycles. The Kier molecular flexibility index (Phi) is 5.74. The summed E-state index contributed by atoms with van der Waals surface area (Å²) in [5, 5.41) is 7.29. The summed E-state index contributed by atoms with van der Waals surface area (Å²) in [5.74, 6) is 0. The van der Waals surface area contributed by atoms with Crippen LogP contribution < -0.4 is 5.32 Å². The first-order chi connectivity index (χ1) is 10.0. The molecule has 1 aromatic heterocycles. The van der Waals surface area contributed by atoms with Gasteiger partial charge in [-0.05, 0) is 19.4 Å². The Labute approximate surface area is 126 Å². The van der Waals surface area contributed by atoms with Crippen LogP contribution in [0.2, 0.25) is 0 Å². The second kappa shape index (κ2) is 7.35. The van der Waals surface area contributed by atoms with E-state index in [0.29, 0.717) is 13.1 Å². The van der Waals surface area contributed by atoms with E-state index in [-0.39, 0.29) is 11.0 Å². The standard InChI is InChI=1S/C13H24N4O3S/c1-3-14-6-7-17-11-13(9-15-17)21(18,19)16(2)10-12-5-4-8-20-12/h9,11-12,14H,3-8,10H2,1-2H3. The zero-order valence-electron chi connectivity index (χ0n) is 12.7. The molecule has 1 saturated heterocycles. The van der Waals surface area contributed by atoms with Crippen LogP contribution in [-0.4, -0.2) is 61.9 Å². The normalized spacial score (nSPS) is 19.5. The highest BCUT2D eigenvalue weighted by atomic mass is 32.2. The van der Waals surface area contributed by atoms with Crippen molar-refractivity contribution in [2.45, 2.75) is 37.3 Å². The van der Waals surface area contributed by atoms with E-state index >= 15 is 0 Å². The molecule has 1 unspecified atom stereocenters. The minimum absolute atomic E-state index is 0.00794. The van der Waals surface area contributed by atoms with Gasteiger partial charge in [0.2, 0.25) is 10.0 Å². The van der Waals surface area contributed by atoms with Gasteiger partial charge >= 0.3 is 0 Å². The molecule has 0 amide bonds. The molecule has 0 saturated carbocycles. The first-order valence-corrected chi connectivity index (χ1v) is 8.79. The number of hydrogen-bond acceptors (Lipinski definition) is 5. The molecule has 1 aliphatic rings. The van der Waals surface area contributed by atoms with Gasteiger partial charge in [-0.1, -0.05) is 6.92 Å².